The quantitative estimate of drug-likeness (QED) is 0.739. The molecule has 150 valence electrons. The highest BCUT2D eigenvalue weighted by atomic mass is 32.2. The molecule has 2 heterocycles. The van der Waals surface area contributed by atoms with Gasteiger partial charge in [-0.3, -0.25) is 9.69 Å². The first-order valence-electron chi connectivity index (χ1n) is 9.82. The lowest BCUT2D eigenvalue weighted by molar-refractivity contribution is -0.134. The predicted octanol–water partition coefficient (Wildman–Crippen LogP) is 1.78. The highest BCUT2D eigenvalue weighted by molar-refractivity contribution is 7.88. The van der Waals surface area contributed by atoms with Gasteiger partial charge in [0, 0.05) is 26.7 Å². The fourth-order valence-electron chi connectivity index (χ4n) is 4.28. The normalized spacial score (nSPS) is 22.8. The van der Waals surface area contributed by atoms with Crippen molar-refractivity contribution in [3.8, 4) is 0 Å². The molecule has 2 aliphatic rings. The summed E-state index contributed by atoms with van der Waals surface area (Å²) >= 11 is 0. The van der Waals surface area contributed by atoms with Crippen LogP contribution in [0.15, 0.2) is 30.3 Å². The van der Waals surface area contributed by atoms with E-state index in [0.29, 0.717) is 25.4 Å². The van der Waals surface area contributed by atoms with Crippen LogP contribution in [0.2, 0.25) is 0 Å². The summed E-state index contributed by atoms with van der Waals surface area (Å²) in [6.07, 6.45) is 4.73. The molecule has 0 spiro atoms. The molecule has 1 aromatic carbocycles. The summed E-state index contributed by atoms with van der Waals surface area (Å²) in [7, 11) is -1.50. The number of likely N-dealkylation sites (N-methyl/N-ethyl adjacent to an activating group) is 1. The number of nitrogens with zero attached hydrogens (tertiary/aromatic N) is 3. The Bertz CT molecular complexity index is 730. The molecule has 1 amide bonds. The number of likely N-dealkylation sites (tertiary alicyclic amines) is 1. The van der Waals surface area contributed by atoms with Crippen molar-refractivity contribution < 1.29 is 13.2 Å². The van der Waals surface area contributed by atoms with E-state index in [1.807, 2.05) is 13.1 Å². The predicted molar refractivity (Wildman–Crippen MR) is 107 cm³/mol. The average molecular weight is 394 g/mol. The molecule has 1 aromatic rings. The number of rotatable bonds is 6. The van der Waals surface area contributed by atoms with Crippen LogP contribution in [0, 0.1) is 5.92 Å². The Morgan fingerprint density at radius 1 is 1.11 bits per heavy atom. The van der Waals surface area contributed by atoms with Gasteiger partial charge in [0.1, 0.15) is 6.04 Å². The third-order valence-corrected chi connectivity index (χ3v) is 7.07. The first-order chi connectivity index (χ1) is 12.8. The molecular weight excluding hydrogens is 362 g/mol. The zero-order valence-corrected chi connectivity index (χ0v) is 17.2. The maximum Gasteiger partial charge on any atom is 0.240 e. The summed E-state index contributed by atoms with van der Waals surface area (Å²) in [5.74, 6) is 0.434. The first kappa shape index (κ1) is 20.3. The molecule has 0 aliphatic carbocycles. The first-order valence-corrected chi connectivity index (χ1v) is 11.7. The van der Waals surface area contributed by atoms with Crippen molar-refractivity contribution in [3.05, 3.63) is 35.9 Å². The lowest BCUT2D eigenvalue weighted by Crippen LogP contribution is -2.48. The van der Waals surface area contributed by atoms with Gasteiger partial charge in [-0.15, -0.1) is 0 Å². The highest BCUT2D eigenvalue weighted by Crippen LogP contribution is 2.24. The van der Waals surface area contributed by atoms with Crippen molar-refractivity contribution in [2.24, 2.45) is 5.92 Å². The van der Waals surface area contributed by atoms with Crippen molar-refractivity contribution in [1.82, 2.24) is 14.1 Å². The molecular formula is C20H31N3O3S. The number of carbonyl (C=O) groups is 1. The molecule has 0 N–H and O–H groups in total. The van der Waals surface area contributed by atoms with Crippen molar-refractivity contribution in [2.45, 2.75) is 38.3 Å². The highest BCUT2D eigenvalue weighted by Gasteiger charge is 2.38. The molecule has 0 aromatic heterocycles. The van der Waals surface area contributed by atoms with Gasteiger partial charge >= 0.3 is 0 Å². The average Bonchev–Trinajstić information content (AvgIpc) is 3.14. The number of benzene rings is 1. The van der Waals surface area contributed by atoms with E-state index in [2.05, 4.69) is 29.2 Å². The Morgan fingerprint density at radius 3 is 2.41 bits per heavy atom. The second-order valence-corrected chi connectivity index (χ2v) is 9.89. The van der Waals surface area contributed by atoms with Crippen molar-refractivity contribution in [3.63, 3.8) is 0 Å². The van der Waals surface area contributed by atoms with Crippen LogP contribution in [0.25, 0.3) is 0 Å². The third-order valence-electron chi connectivity index (χ3n) is 5.78. The molecule has 6 nitrogen and oxygen atoms in total. The van der Waals surface area contributed by atoms with Gasteiger partial charge in [0.2, 0.25) is 15.9 Å². The standard InChI is InChI=1S/C20H31N3O3S/c1-21(20(24)19-9-6-12-23(19)27(2,25)26)15-18-10-13-22(14-11-18)16-17-7-4-3-5-8-17/h3-5,7-8,18-19H,6,9-16H2,1-2H3/t19-/m1/s1. The SMILES string of the molecule is CN(CC1CCN(Cc2ccccc2)CC1)C(=O)[C@H]1CCCN1S(C)(=O)=O. The van der Waals surface area contributed by atoms with E-state index in [0.717, 1.165) is 38.9 Å². The van der Waals surface area contributed by atoms with E-state index < -0.39 is 16.1 Å². The van der Waals surface area contributed by atoms with Crippen LogP contribution >= 0.6 is 0 Å². The Balaban J connectivity index is 1.47. The van der Waals surface area contributed by atoms with Crippen LogP contribution in [-0.2, 0) is 21.4 Å². The largest absolute Gasteiger partial charge is 0.344 e. The minimum Gasteiger partial charge on any atom is -0.344 e. The fraction of sp³-hybridized carbons (Fsp3) is 0.650. The van der Waals surface area contributed by atoms with E-state index >= 15 is 0 Å². The van der Waals surface area contributed by atoms with Crippen LogP contribution in [0.3, 0.4) is 0 Å². The van der Waals surface area contributed by atoms with Gasteiger partial charge in [-0.1, -0.05) is 30.3 Å². The monoisotopic (exact) mass is 393 g/mol. The van der Waals surface area contributed by atoms with Gasteiger partial charge in [-0.2, -0.15) is 4.31 Å². The zero-order chi connectivity index (χ0) is 19.4. The van der Waals surface area contributed by atoms with Crippen molar-refractivity contribution in [2.75, 3.05) is 39.5 Å². The Hall–Kier alpha value is -1.44. The number of hydrogen-bond acceptors (Lipinski definition) is 4. The molecule has 2 aliphatic heterocycles. The summed E-state index contributed by atoms with van der Waals surface area (Å²) in [6.45, 7) is 4.24. The molecule has 1 atom stereocenters. The minimum absolute atomic E-state index is 0.0513. The molecule has 3 rings (SSSR count). The summed E-state index contributed by atoms with van der Waals surface area (Å²) in [6, 6.07) is 10.00. The molecule has 2 fully saturated rings. The lowest BCUT2D eigenvalue weighted by Gasteiger charge is -2.35. The molecule has 0 bridgehead atoms. The Kier molecular flexibility index (Phi) is 6.55. The van der Waals surface area contributed by atoms with Crippen LogP contribution in [0.4, 0.5) is 0 Å². The topological polar surface area (TPSA) is 60.9 Å². The van der Waals surface area contributed by atoms with E-state index in [-0.39, 0.29) is 5.91 Å². The lowest BCUT2D eigenvalue weighted by atomic mass is 9.95. The maximum absolute atomic E-state index is 12.8. The minimum atomic E-state index is -3.32. The van der Waals surface area contributed by atoms with Gasteiger partial charge in [0.05, 0.1) is 6.26 Å². The molecule has 2 saturated heterocycles. The second-order valence-electron chi connectivity index (χ2n) is 7.96. The summed E-state index contributed by atoms with van der Waals surface area (Å²) < 4.78 is 25.2. The van der Waals surface area contributed by atoms with Crippen LogP contribution in [0.1, 0.15) is 31.2 Å². The van der Waals surface area contributed by atoms with Crippen molar-refractivity contribution >= 4 is 15.9 Å². The number of piperidine rings is 1. The maximum atomic E-state index is 12.8. The second kappa shape index (κ2) is 8.71. The summed E-state index contributed by atoms with van der Waals surface area (Å²) in [4.78, 5) is 17.0. The van der Waals surface area contributed by atoms with Gasteiger partial charge in [0.25, 0.3) is 0 Å². The van der Waals surface area contributed by atoms with E-state index in [9.17, 15) is 13.2 Å². The Labute approximate surface area is 163 Å². The van der Waals surface area contributed by atoms with Gasteiger partial charge < -0.3 is 4.90 Å². The molecule has 7 heteroatoms. The third kappa shape index (κ3) is 5.30. The van der Waals surface area contributed by atoms with E-state index in [1.54, 1.807) is 4.90 Å². The summed E-state index contributed by atoms with van der Waals surface area (Å²) in [5, 5.41) is 0. The Morgan fingerprint density at radius 2 is 1.78 bits per heavy atom. The number of carbonyl (C=O) groups excluding carboxylic acids is 1. The summed E-state index contributed by atoms with van der Waals surface area (Å²) in [5.41, 5.74) is 1.34. The molecule has 0 radical (unpaired) electrons. The van der Waals surface area contributed by atoms with Crippen LogP contribution in [-0.4, -0.2) is 74.0 Å². The fourth-order valence-corrected chi connectivity index (χ4v) is 5.40. The van der Waals surface area contributed by atoms with E-state index in [1.165, 1.54) is 16.1 Å². The van der Waals surface area contributed by atoms with Gasteiger partial charge in [-0.25, -0.2) is 8.42 Å². The van der Waals surface area contributed by atoms with E-state index in [4.69, 9.17) is 0 Å². The number of amides is 1. The van der Waals surface area contributed by atoms with Gasteiger partial charge in [0.15, 0.2) is 0 Å². The number of sulfonamides is 1. The molecule has 0 saturated carbocycles. The smallest absolute Gasteiger partial charge is 0.240 e. The van der Waals surface area contributed by atoms with Gasteiger partial charge in [-0.05, 0) is 50.3 Å². The zero-order valence-electron chi connectivity index (χ0n) is 16.4. The van der Waals surface area contributed by atoms with Crippen molar-refractivity contribution in [1.29, 1.82) is 0 Å². The van der Waals surface area contributed by atoms with Crippen LogP contribution < -0.4 is 0 Å². The molecule has 27 heavy (non-hydrogen) atoms. The number of hydrogen-bond donors (Lipinski definition) is 0. The molecule has 0 unspecified atom stereocenters. The van der Waals surface area contributed by atoms with Crippen LogP contribution in [0.5, 0.6) is 0 Å².